The molecule has 1 saturated heterocycles. The minimum absolute atomic E-state index is 0.133. The molecule has 1 aromatic heterocycles. The summed E-state index contributed by atoms with van der Waals surface area (Å²) in [6.45, 7) is 1.11. The highest BCUT2D eigenvalue weighted by atomic mass is 35.5. The number of pyridine rings is 1. The van der Waals surface area contributed by atoms with Crippen LogP contribution in [0.25, 0.3) is 10.9 Å². The van der Waals surface area contributed by atoms with Crippen LogP contribution in [0, 0.1) is 0 Å². The molecule has 118 valence electrons. The molecule has 2 aromatic rings. The van der Waals surface area contributed by atoms with Gasteiger partial charge in [-0.2, -0.15) is 0 Å². The predicted octanol–water partition coefficient (Wildman–Crippen LogP) is 3.62. The second-order valence-electron chi connectivity index (χ2n) is 5.65. The molecule has 2 N–H and O–H groups in total. The lowest BCUT2D eigenvalue weighted by atomic mass is 10.0. The van der Waals surface area contributed by atoms with E-state index in [4.69, 9.17) is 17.3 Å². The zero-order valence-corrected chi connectivity index (χ0v) is 12.9. The lowest BCUT2D eigenvalue weighted by Crippen LogP contribution is -2.40. The van der Waals surface area contributed by atoms with E-state index in [0.29, 0.717) is 31.1 Å². The van der Waals surface area contributed by atoms with Crippen LogP contribution in [0.3, 0.4) is 0 Å². The van der Waals surface area contributed by atoms with Crippen molar-refractivity contribution in [3.63, 3.8) is 0 Å². The van der Waals surface area contributed by atoms with Gasteiger partial charge in [-0.1, -0.05) is 11.6 Å². The third-order valence-corrected chi connectivity index (χ3v) is 4.43. The van der Waals surface area contributed by atoms with E-state index in [1.54, 1.807) is 6.20 Å². The normalized spacial score (nSPS) is 17.9. The lowest BCUT2D eigenvalue weighted by Gasteiger charge is -2.35. The van der Waals surface area contributed by atoms with Crippen LogP contribution in [0.4, 0.5) is 14.5 Å². The number of nitrogens with two attached hydrogens (primary N) is 1. The summed E-state index contributed by atoms with van der Waals surface area (Å²) in [6, 6.07) is 5.62. The second-order valence-corrected chi connectivity index (χ2v) is 6.05. The van der Waals surface area contributed by atoms with E-state index in [0.717, 1.165) is 22.2 Å². The minimum atomic E-state index is -2.57. The summed E-state index contributed by atoms with van der Waals surface area (Å²) in [5, 5.41) is 1.47. The Labute approximate surface area is 133 Å². The third-order valence-electron chi connectivity index (χ3n) is 4.12. The number of piperidine rings is 1. The van der Waals surface area contributed by atoms with Crippen LogP contribution in [0.5, 0.6) is 0 Å². The van der Waals surface area contributed by atoms with Crippen molar-refractivity contribution in [1.82, 2.24) is 4.98 Å². The molecule has 22 heavy (non-hydrogen) atoms. The van der Waals surface area contributed by atoms with E-state index < -0.39 is 5.92 Å². The average molecular weight is 326 g/mol. The summed E-state index contributed by atoms with van der Waals surface area (Å²) in [4.78, 5) is 6.44. The highest BCUT2D eigenvalue weighted by Gasteiger charge is 2.35. The van der Waals surface area contributed by atoms with E-state index in [-0.39, 0.29) is 12.8 Å². The van der Waals surface area contributed by atoms with Gasteiger partial charge in [-0.05, 0) is 36.7 Å². The van der Waals surface area contributed by atoms with E-state index in [1.165, 1.54) is 0 Å². The molecule has 0 saturated carbocycles. The van der Waals surface area contributed by atoms with Gasteiger partial charge < -0.3 is 10.6 Å². The first kappa shape index (κ1) is 15.4. The molecular formula is C16H18ClF2N3. The first-order valence-electron chi connectivity index (χ1n) is 7.41. The molecule has 0 radical (unpaired) electrons. The fourth-order valence-electron chi connectivity index (χ4n) is 2.99. The summed E-state index contributed by atoms with van der Waals surface area (Å²) < 4.78 is 26.9. The molecule has 2 heterocycles. The first-order chi connectivity index (χ1) is 10.5. The lowest BCUT2D eigenvalue weighted by molar-refractivity contribution is -0.0220. The van der Waals surface area contributed by atoms with Gasteiger partial charge in [0, 0.05) is 37.5 Å². The molecule has 1 aliphatic rings. The molecule has 0 amide bonds. The second kappa shape index (κ2) is 5.97. The number of benzene rings is 1. The summed E-state index contributed by atoms with van der Waals surface area (Å²) in [5.74, 6) is -2.57. The zero-order chi connectivity index (χ0) is 15.7. The SMILES string of the molecule is NCCc1cc(Cl)c2cccnc2c1N1CCC(F)(F)CC1. The highest BCUT2D eigenvalue weighted by molar-refractivity contribution is 6.36. The zero-order valence-electron chi connectivity index (χ0n) is 12.2. The highest BCUT2D eigenvalue weighted by Crippen LogP contribution is 2.38. The Hall–Kier alpha value is -1.46. The van der Waals surface area contributed by atoms with E-state index in [9.17, 15) is 8.78 Å². The van der Waals surface area contributed by atoms with Crippen LogP contribution in [-0.4, -0.2) is 30.5 Å². The number of alkyl halides is 2. The quantitative estimate of drug-likeness (QED) is 0.937. The van der Waals surface area contributed by atoms with Gasteiger partial charge in [0.15, 0.2) is 0 Å². The standard InChI is InChI=1S/C16H18ClF2N3/c17-13-10-11(3-6-20)15(14-12(13)2-1-7-21-14)22-8-4-16(18,19)5-9-22/h1-2,7,10H,3-6,8-9,20H2. The van der Waals surface area contributed by atoms with Crippen molar-refractivity contribution in [3.05, 3.63) is 35.0 Å². The van der Waals surface area contributed by atoms with Crippen LogP contribution >= 0.6 is 11.6 Å². The number of rotatable bonds is 3. The van der Waals surface area contributed by atoms with E-state index >= 15 is 0 Å². The van der Waals surface area contributed by atoms with Gasteiger partial charge in [0.25, 0.3) is 5.92 Å². The monoisotopic (exact) mass is 325 g/mol. The molecule has 0 spiro atoms. The van der Waals surface area contributed by atoms with Crippen molar-refractivity contribution in [2.45, 2.75) is 25.2 Å². The van der Waals surface area contributed by atoms with Gasteiger partial charge in [-0.25, -0.2) is 8.78 Å². The van der Waals surface area contributed by atoms with Crippen LogP contribution in [0.1, 0.15) is 18.4 Å². The Bertz CT molecular complexity index is 680. The Balaban J connectivity index is 2.10. The molecule has 3 nitrogen and oxygen atoms in total. The molecule has 0 unspecified atom stereocenters. The number of nitrogens with zero attached hydrogens (tertiary/aromatic N) is 2. The van der Waals surface area contributed by atoms with Crippen LogP contribution < -0.4 is 10.6 Å². The van der Waals surface area contributed by atoms with Crippen LogP contribution in [-0.2, 0) is 6.42 Å². The van der Waals surface area contributed by atoms with Gasteiger partial charge in [-0.3, -0.25) is 4.98 Å². The smallest absolute Gasteiger partial charge is 0.251 e. The fraction of sp³-hybridized carbons (Fsp3) is 0.438. The number of anilines is 1. The van der Waals surface area contributed by atoms with Crippen molar-refractivity contribution < 1.29 is 8.78 Å². The molecular weight excluding hydrogens is 308 g/mol. The molecule has 1 aromatic carbocycles. The van der Waals surface area contributed by atoms with Crippen molar-refractivity contribution in [1.29, 1.82) is 0 Å². The number of aromatic nitrogens is 1. The van der Waals surface area contributed by atoms with E-state index in [2.05, 4.69) is 4.98 Å². The fourth-order valence-corrected chi connectivity index (χ4v) is 3.28. The van der Waals surface area contributed by atoms with Gasteiger partial charge in [0.2, 0.25) is 0 Å². The molecule has 0 atom stereocenters. The Kier molecular flexibility index (Phi) is 4.19. The van der Waals surface area contributed by atoms with Gasteiger partial charge in [0.1, 0.15) is 0 Å². The van der Waals surface area contributed by atoms with Gasteiger partial charge in [0.05, 0.1) is 16.2 Å². The van der Waals surface area contributed by atoms with Crippen LogP contribution in [0.15, 0.2) is 24.4 Å². The summed E-state index contributed by atoms with van der Waals surface area (Å²) in [7, 11) is 0. The topological polar surface area (TPSA) is 42.1 Å². The van der Waals surface area contributed by atoms with Crippen molar-refractivity contribution in [3.8, 4) is 0 Å². The van der Waals surface area contributed by atoms with Crippen LogP contribution in [0.2, 0.25) is 5.02 Å². The van der Waals surface area contributed by atoms with Crippen molar-refractivity contribution in [2.75, 3.05) is 24.5 Å². The summed E-state index contributed by atoms with van der Waals surface area (Å²) >= 11 is 6.33. The number of hydrogen-bond donors (Lipinski definition) is 1. The molecule has 3 rings (SSSR count). The maximum atomic E-state index is 13.4. The van der Waals surface area contributed by atoms with Crippen molar-refractivity contribution >= 4 is 28.2 Å². The molecule has 1 aliphatic heterocycles. The Morgan fingerprint density at radius 1 is 1.32 bits per heavy atom. The summed E-state index contributed by atoms with van der Waals surface area (Å²) in [5.41, 5.74) is 8.34. The van der Waals surface area contributed by atoms with E-state index in [1.807, 2.05) is 23.1 Å². The number of halogens is 3. The molecule has 0 aliphatic carbocycles. The summed E-state index contributed by atoms with van der Waals surface area (Å²) in [6.07, 6.45) is 2.08. The maximum Gasteiger partial charge on any atom is 0.251 e. The average Bonchev–Trinajstić information content (AvgIpc) is 2.49. The molecule has 6 heteroatoms. The maximum absolute atomic E-state index is 13.4. The number of fused-ring (bicyclic) bond motifs is 1. The third kappa shape index (κ3) is 2.88. The van der Waals surface area contributed by atoms with Gasteiger partial charge >= 0.3 is 0 Å². The van der Waals surface area contributed by atoms with Gasteiger partial charge in [-0.15, -0.1) is 0 Å². The Morgan fingerprint density at radius 3 is 2.73 bits per heavy atom. The number of hydrogen-bond acceptors (Lipinski definition) is 3. The molecule has 0 bridgehead atoms. The molecule has 1 fully saturated rings. The predicted molar refractivity (Wildman–Crippen MR) is 85.9 cm³/mol. The first-order valence-corrected chi connectivity index (χ1v) is 7.78. The minimum Gasteiger partial charge on any atom is -0.369 e. The van der Waals surface area contributed by atoms with Crippen molar-refractivity contribution in [2.24, 2.45) is 5.73 Å². The largest absolute Gasteiger partial charge is 0.369 e. The Morgan fingerprint density at radius 2 is 2.05 bits per heavy atom.